The number of carbonyl (C=O) groups is 2. The molecule has 2 N–H and O–H groups in total. The van der Waals surface area contributed by atoms with Gasteiger partial charge in [0.2, 0.25) is 0 Å². The Balaban J connectivity index is 2.45. The van der Waals surface area contributed by atoms with Gasteiger partial charge in [-0.2, -0.15) is 0 Å². The Kier molecular flexibility index (Phi) is 9.73. The Hall–Kier alpha value is -1.42. The summed E-state index contributed by atoms with van der Waals surface area (Å²) < 4.78 is 0. The topological polar surface area (TPSA) is 74.6 Å². The second-order valence-electron chi connectivity index (χ2n) is 7.43. The fraction of sp³-hybridized carbons (Fsp3) is 0.714. The fourth-order valence-electron chi connectivity index (χ4n) is 3.41. The van der Waals surface area contributed by atoms with E-state index in [-0.39, 0.29) is 18.3 Å². The molecule has 0 spiro atoms. The minimum absolute atomic E-state index is 0.0341. The number of carboxylic acids is 1. The van der Waals surface area contributed by atoms with Crippen LogP contribution in [0.5, 0.6) is 0 Å². The molecule has 0 heterocycles. The summed E-state index contributed by atoms with van der Waals surface area (Å²) in [6.07, 6.45) is 15.6. The molecule has 25 heavy (non-hydrogen) atoms. The summed E-state index contributed by atoms with van der Waals surface area (Å²) in [7, 11) is 0. The van der Waals surface area contributed by atoms with Crippen LogP contribution in [-0.4, -0.2) is 27.6 Å². The number of rotatable bonds is 12. The van der Waals surface area contributed by atoms with Crippen LogP contribution in [0, 0.1) is 11.8 Å². The predicted octanol–water partition coefficient (Wildman–Crippen LogP) is 4.67. The molecule has 0 aliphatic heterocycles. The molecule has 0 saturated heterocycles. The predicted molar refractivity (Wildman–Crippen MR) is 100 cm³/mol. The van der Waals surface area contributed by atoms with Gasteiger partial charge in [0.15, 0.2) is 0 Å². The number of carbonyl (C=O) groups excluding carboxylic acids is 1. The van der Waals surface area contributed by atoms with Crippen molar-refractivity contribution in [2.24, 2.45) is 11.8 Å². The maximum Gasteiger partial charge on any atom is 0.303 e. The smallest absolute Gasteiger partial charge is 0.303 e. The highest BCUT2D eigenvalue weighted by Crippen LogP contribution is 2.34. The molecule has 0 aromatic carbocycles. The summed E-state index contributed by atoms with van der Waals surface area (Å²) >= 11 is 0. The van der Waals surface area contributed by atoms with Gasteiger partial charge in [0.25, 0.3) is 0 Å². The average molecular weight is 350 g/mol. The monoisotopic (exact) mass is 350 g/mol. The van der Waals surface area contributed by atoms with Crippen LogP contribution in [0.1, 0.15) is 78.1 Å². The minimum Gasteiger partial charge on any atom is -0.481 e. The first-order valence-electron chi connectivity index (χ1n) is 9.67. The van der Waals surface area contributed by atoms with Crippen molar-refractivity contribution in [3.63, 3.8) is 0 Å². The third-order valence-corrected chi connectivity index (χ3v) is 4.98. The lowest BCUT2D eigenvalue weighted by atomic mass is 9.88. The highest BCUT2D eigenvalue weighted by Gasteiger charge is 2.32. The lowest BCUT2D eigenvalue weighted by Gasteiger charge is -2.21. The quantitative estimate of drug-likeness (QED) is 0.396. The van der Waals surface area contributed by atoms with E-state index in [4.69, 9.17) is 5.11 Å². The van der Waals surface area contributed by atoms with E-state index in [0.717, 1.165) is 44.9 Å². The van der Waals surface area contributed by atoms with E-state index in [2.05, 4.69) is 13.0 Å². The first-order valence-corrected chi connectivity index (χ1v) is 9.67. The van der Waals surface area contributed by atoms with Gasteiger partial charge in [0.05, 0.1) is 5.60 Å². The molecule has 4 heteroatoms. The normalized spacial score (nSPS) is 23.6. The number of hydrogen-bond acceptors (Lipinski definition) is 3. The Morgan fingerprint density at radius 1 is 1.28 bits per heavy atom. The van der Waals surface area contributed by atoms with Crippen LogP contribution in [0.25, 0.3) is 0 Å². The molecule has 0 aromatic rings. The van der Waals surface area contributed by atoms with E-state index in [1.165, 1.54) is 0 Å². The van der Waals surface area contributed by atoms with Gasteiger partial charge in [-0.1, -0.05) is 50.5 Å². The highest BCUT2D eigenvalue weighted by molar-refractivity contribution is 5.83. The highest BCUT2D eigenvalue weighted by atomic mass is 16.4. The summed E-state index contributed by atoms with van der Waals surface area (Å²) in [5.74, 6) is -0.213. The molecule has 0 bridgehead atoms. The zero-order chi connectivity index (χ0) is 18.7. The van der Waals surface area contributed by atoms with Gasteiger partial charge in [-0.15, -0.1) is 0 Å². The number of unbranched alkanes of at least 4 members (excludes halogenated alkanes) is 2. The van der Waals surface area contributed by atoms with Gasteiger partial charge in [-0.3, -0.25) is 9.59 Å². The summed E-state index contributed by atoms with van der Waals surface area (Å²) in [5, 5.41) is 19.0. The number of aliphatic hydroxyl groups is 1. The molecular weight excluding hydrogens is 316 g/mol. The molecule has 3 unspecified atom stereocenters. The van der Waals surface area contributed by atoms with Gasteiger partial charge >= 0.3 is 5.97 Å². The van der Waals surface area contributed by atoms with Crippen LogP contribution in [0.4, 0.5) is 0 Å². The minimum atomic E-state index is -0.790. The summed E-state index contributed by atoms with van der Waals surface area (Å²) in [6.45, 7) is 3.99. The molecule has 4 nitrogen and oxygen atoms in total. The summed E-state index contributed by atoms with van der Waals surface area (Å²) in [5.41, 5.74) is -0.790. The van der Waals surface area contributed by atoms with Crippen LogP contribution in [-0.2, 0) is 9.59 Å². The SMILES string of the molecule is CCCCCC(C)(O)/C=C/C1CCC(=O)C1CC/C=C\CCC(=O)O. The molecule has 1 fully saturated rings. The molecule has 142 valence electrons. The van der Waals surface area contributed by atoms with Crippen LogP contribution < -0.4 is 0 Å². The van der Waals surface area contributed by atoms with Gasteiger partial charge in [-0.25, -0.2) is 0 Å². The van der Waals surface area contributed by atoms with Gasteiger partial charge in [-0.05, 0) is 44.9 Å². The van der Waals surface area contributed by atoms with E-state index in [1.54, 1.807) is 0 Å². The van der Waals surface area contributed by atoms with E-state index in [1.807, 2.05) is 25.2 Å². The van der Waals surface area contributed by atoms with E-state index >= 15 is 0 Å². The number of ketones is 1. The van der Waals surface area contributed by atoms with Crippen LogP contribution in [0.2, 0.25) is 0 Å². The van der Waals surface area contributed by atoms with Gasteiger partial charge < -0.3 is 10.2 Å². The van der Waals surface area contributed by atoms with Crippen LogP contribution in [0.3, 0.4) is 0 Å². The van der Waals surface area contributed by atoms with Crippen molar-refractivity contribution in [3.8, 4) is 0 Å². The Labute approximate surface area is 152 Å². The molecule has 1 aliphatic carbocycles. The third kappa shape index (κ3) is 9.01. The Morgan fingerprint density at radius 3 is 2.68 bits per heavy atom. The maximum absolute atomic E-state index is 12.1. The van der Waals surface area contributed by atoms with E-state index in [0.29, 0.717) is 18.6 Å². The molecule has 0 aromatic heterocycles. The largest absolute Gasteiger partial charge is 0.481 e. The second kappa shape index (κ2) is 11.2. The first-order chi connectivity index (χ1) is 11.9. The second-order valence-corrected chi connectivity index (χ2v) is 7.43. The maximum atomic E-state index is 12.1. The molecule has 1 rings (SSSR count). The van der Waals surface area contributed by atoms with Crippen molar-refractivity contribution in [2.75, 3.05) is 0 Å². The van der Waals surface area contributed by atoms with Gasteiger partial charge in [0, 0.05) is 18.8 Å². The molecule has 3 atom stereocenters. The third-order valence-electron chi connectivity index (χ3n) is 4.98. The number of carboxylic acid groups (broad SMARTS) is 1. The van der Waals surface area contributed by atoms with E-state index in [9.17, 15) is 14.7 Å². The Morgan fingerprint density at radius 2 is 2.00 bits per heavy atom. The van der Waals surface area contributed by atoms with Crippen LogP contribution in [0.15, 0.2) is 24.3 Å². The lowest BCUT2D eigenvalue weighted by molar-refractivity contribution is -0.136. The van der Waals surface area contributed by atoms with E-state index < -0.39 is 11.6 Å². The van der Waals surface area contributed by atoms with Crippen LogP contribution >= 0.6 is 0 Å². The molecule has 1 saturated carbocycles. The average Bonchev–Trinajstić information content (AvgIpc) is 2.89. The van der Waals surface area contributed by atoms with Crippen molar-refractivity contribution in [2.45, 2.75) is 83.7 Å². The first kappa shape index (κ1) is 21.6. The molecular formula is C21H34O4. The summed E-state index contributed by atoms with van der Waals surface area (Å²) in [4.78, 5) is 22.6. The van der Waals surface area contributed by atoms with Crippen molar-refractivity contribution in [3.05, 3.63) is 24.3 Å². The molecule has 0 radical (unpaired) electrons. The summed E-state index contributed by atoms with van der Waals surface area (Å²) in [6, 6.07) is 0. The number of hydrogen-bond donors (Lipinski definition) is 2. The van der Waals surface area contributed by atoms with Crippen molar-refractivity contribution in [1.82, 2.24) is 0 Å². The van der Waals surface area contributed by atoms with Crippen molar-refractivity contribution in [1.29, 1.82) is 0 Å². The Bertz CT molecular complexity index is 476. The standard InChI is InChI=1S/C21H34O4/c1-3-4-9-15-21(2,25)16-14-17-12-13-19(22)18(17)10-7-5-6-8-11-20(23)24/h5-6,14,16-18,25H,3-4,7-13,15H2,1-2H3,(H,23,24)/b6-5-,16-14+. The lowest BCUT2D eigenvalue weighted by Crippen LogP contribution is -2.21. The number of aliphatic carboxylic acids is 1. The number of Topliss-reactive ketones (excluding diaryl/α,β-unsaturated/α-hetero) is 1. The number of allylic oxidation sites excluding steroid dienone is 3. The zero-order valence-electron chi connectivity index (χ0n) is 15.7. The fourth-order valence-corrected chi connectivity index (χ4v) is 3.41. The molecule has 1 aliphatic rings. The van der Waals surface area contributed by atoms with Crippen molar-refractivity contribution >= 4 is 11.8 Å². The van der Waals surface area contributed by atoms with Crippen molar-refractivity contribution < 1.29 is 19.8 Å². The zero-order valence-corrected chi connectivity index (χ0v) is 15.7. The van der Waals surface area contributed by atoms with Gasteiger partial charge in [0.1, 0.15) is 5.78 Å². The molecule has 0 amide bonds.